The molecule has 2 aromatic rings. The lowest BCUT2D eigenvalue weighted by Crippen LogP contribution is -2.49. The summed E-state index contributed by atoms with van der Waals surface area (Å²) >= 11 is 0. The molecule has 0 saturated heterocycles. The highest BCUT2D eigenvalue weighted by atomic mass is 16.2. The average Bonchev–Trinajstić information content (AvgIpc) is 3.12. The summed E-state index contributed by atoms with van der Waals surface area (Å²) in [6.07, 6.45) is 0.482. The molecule has 0 spiro atoms. The smallest absolute Gasteiger partial charge is 0.251 e. The van der Waals surface area contributed by atoms with Gasteiger partial charge < -0.3 is 54.4 Å². The molecule has 17 heteroatoms. The van der Waals surface area contributed by atoms with E-state index in [2.05, 4.69) is 37.2 Å². The molecule has 0 aliphatic heterocycles. The minimum absolute atomic E-state index is 0.0629. The van der Waals surface area contributed by atoms with Crippen LogP contribution in [-0.2, 0) is 14.4 Å². The Morgan fingerprint density at radius 3 is 1.24 bits per heavy atom. The number of nitrogens with one attached hydrogen (secondary N) is 7. The van der Waals surface area contributed by atoms with Gasteiger partial charge in [0, 0.05) is 81.0 Å². The van der Waals surface area contributed by atoms with Gasteiger partial charge in [0.15, 0.2) is 0 Å². The average molecular weight is 683 g/mol. The molecule has 0 radical (unpaired) electrons. The van der Waals surface area contributed by atoms with Gasteiger partial charge in [0.1, 0.15) is 6.04 Å². The lowest BCUT2D eigenvalue weighted by molar-refractivity contribution is -0.128. The summed E-state index contributed by atoms with van der Waals surface area (Å²) in [5, 5.41) is 18.5. The Labute approximate surface area is 284 Å². The molecule has 17 nitrogen and oxygen atoms in total. The SMILES string of the molecule is NCCNC(=O)c1ccc(C(=O)NCCNC(=O)CCCC(NC(=O)CN)C(=O)NCCNC(=O)c2ccc(C(=O)NCCN)cc2)cc1. The van der Waals surface area contributed by atoms with Crippen molar-refractivity contribution in [1.29, 1.82) is 0 Å². The van der Waals surface area contributed by atoms with Crippen LogP contribution in [0.4, 0.5) is 0 Å². The number of amides is 7. The fraction of sp³-hybridized carbons (Fsp3) is 0.406. The zero-order chi connectivity index (χ0) is 36.0. The maximum atomic E-state index is 12.8. The first-order chi connectivity index (χ1) is 23.6. The monoisotopic (exact) mass is 682 g/mol. The molecular weight excluding hydrogens is 636 g/mol. The molecule has 49 heavy (non-hydrogen) atoms. The number of nitrogens with two attached hydrogens (primary N) is 3. The summed E-state index contributed by atoms with van der Waals surface area (Å²) in [7, 11) is 0. The Balaban J connectivity index is 1.70. The fourth-order valence-corrected chi connectivity index (χ4v) is 4.27. The number of benzene rings is 2. The van der Waals surface area contributed by atoms with Crippen LogP contribution in [0, 0.1) is 0 Å². The van der Waals surface area contributed by atoms with Crippen molar-refractivity contribution in [2.45, 2.75) is 25.3 Å². The van der Waals surface area contributed by atoms with Crippen molar-refractivity contribution in [3.8, 4) is 0 Å². The van der Waals surface area contributed by atoms with Crippen LogP contribution in [0.1, 0.15) is 60.7 Å². The van der Waals surface area contributed by atoms with E-state index in [-0.39, 0.29) is 75.6 Å². The summed E-state index contributed by atoms with van der Waals surface area (Å²) in [5.74, 6) is -2.72. The highest BCUT2D eigenvalue weighted by Gasteiger charge is 2.20. The van der Waals surface area contributed by atoms with Crippen molar-refractivity contribution < 1.29 is 33.6 Å². The first-order valence-electron chi connectivity index (χ1n) is 15.9. The molecule has 0 saturated carbocycles. The third-order valence-corrected chi connectivity index (χ3v) is 6.85. The molecule has 0 aliphatic rings. The molecule has 0 aliphatic carbocycles. The largest absolute Gasteiger partial charge is 0.354 e. The van der Waals surface area contributed by atoms with E-state index in [0.29, 0.717) is 48.4 Å². The molecule has 0 fully saturated rings. The second-order valence-corrected chi connectivity index (χ2v) is 10.6. The molecule has 266 valence electrons. The van der Waals surface area contributed by atoms with Gasteiger partial charge in [-0.3, -0.25) is 33.6 Å². The maximum absolute atomic E-state index is 12.8. The summed E-state index contributed by atoms with van der Waals surface area (Å²) in [6.45, 7) is 1.47. The van der Waals surface area contributed by atoms with Crippen LogP contribution in [-0.4, -0.2) is 106 Å². The zero-order valence-electron chi connectivity index (χ0n) is 27.3. The third kappa shape index (κ3) is 14.9. The number of hydrogen-bond acceptors (Lipinski definition) is 10. The van der Waals surface area contributed by atoms with Gasteiger partial charge in [0.25, 0.3) is 23.6 Å². The zero-order valence-corrected chi connectivity index (χ0v) is 27.3. The van der Waals surface area contributed by atoms with Crippen molar-refractivity contribution in [2.24, 2.45) is 17.2 Å². The van der Waals surface area contributed by atoms with Gasteiger partial charge in [-0.2, -0.15) is 0 Å². The van der Waals surface area contributed by atoms with Gasteiger partial charge in [0.2, 0.25) is 17.7 Å². The molecule has 0 heterocycles. The van der Waals surface area contributed by atoms with Crippen LogP contribution in [0.2, 0.25) is 0 Å². The Bertz CT molecular complexity index is 1420. The van der Waals surface area contributed by atoms with Gasteiger partial charge in [-0.15, -0.1) is 0 Å². The summed E-state index contributed by atoms with van der Waals surface area (Å²) in [5.41, 5.74) is 17.6. The predicted octanol–water partition coefficient (Wildman–Crippen LogP) is -2.93. The van der Waals surface area contributed by atoms with E-state index >= 15 is 0 Å². The van der Waals surface area contributed by atoms with Crippen LogP contribution in [0.3, 0.4) is 0 Å². The number of carbonyl (C=O) groups excluding carboxylic acids is 7. The molecule has 1 unspecified atom stereocenters. The summed E-state index contributed by atoms with van der Waals surface area (Å²) in [6, 6.07) is 11.2. The van der Waals surface area contributed by atoms with Crippen molar-refractivity contribution in [1.82, 2.24) is 37.2 Å². The van der Waals surface area contributed by atoms with Gasteiger partial charge in [-0.25, -0.2) is 0 Å². The topological polar surface area (TPSA) is 282 Å². The molecule has 0 aromatic heterocycles. The van der Waals surface area contributed by atoms with E-state index in [9.17, 15) is 33.6 Å². The van der Waals surface area contributed by atoms with Crippen LogP contribution in [0.15, 0.2) is 48.5 Å². The first kappa shape index (κ1) is 39.8. The van der Waals surface area contributed by atoms with E-state index in [0.717, 1.165) is 0 Å². The molecular formula is C32H46N10O7. The lowest BCUT2D eigenvalue weighted by Gasteiger charge is -2.18. The van der Waals surface area contributed by atoms with Gasteiger partial charge in [0.05, 0.1) is 6.54 Å². The molecule has 0 bridgehead atoms. The minimum atomic E-state index is -0.949. The number of rotatable bonds is 21. The van der Waals surface area contributed by atoms with Crippen molar-refractivity contribution in [3.63, 3.8) is 0 Å². The van der Waals surface area contributed by atoms with Crippen LogP contribution in [0.25, 0.3) is 0 Å². The van der Waals surface area contributed by atoms with Gasteiger partial charge >= 0.3 is 0 Å². The molecule has 7 amide bonds. The molecule has 1 atom stereocenters. The van der Waals surface area contributed by atoms with Crippen molar-refractivity contribution >= 4 is 41.4 Å². The number of hydrogen-bond donors (Lipinski definition) is 10. The Morgan fingerprint density at radius 1 is 0.490 bits per heavy atom. The predicted molar refractivity (Wildman–Crippen MR) is 181 cm³/mol. The number of carbonyl (C=O) groups is 7. The second kappa shape index (κ2) is 22.2. The third-order valence-electron chi connectivity index (χ3n) is 6.85. The van der Waals surface area contributed by atoms with E-state index in [1.807, 2.05) is 0 Å². The lowest BCUT2D eigenvalue weighted by atomic mass is 10.1. The highest BCUT2D eigenvalue weighted by molar-refractivity contribution is 5.98. The van der Waals surface area contributed by atoms with Crippen LogP contribution >= 0.6 is 0 Å². The Morgan fingerprint density at radius 2 is 0.857 bits per heavy atom. The summed E-state index contributed by atoms with van der Waals surface area (Å²) in [4.78, 5) is 85.7. The van der Waals surface area contributed by atoms with Gasteiger partial charge in [-0.1, -0.05) is 0 Å². The van der Waals surface area contributed by atoms with Gasteiger partial charge in [-0.05, 0) is 61.4 Å². The fourth-order valence-electron chi connectivity index (χ4n) is 4.27. The van der Waals surface area contributed by atoms with E-state index in [1.54, 1.807) is 0 Å². The van der Waals surface area contributed by atoms with Crippen molar-refractivity contribution in [2.75, 3.05) is 58.9 Å². The standard InChI is InChI=1S/C32H46N10O7/c33-12-14-37-28(45)21-4-8-23(9-5-21)30(47)39-17-16-36-26(43)3-1-2-25(42-27(44)20-35)32(49)41-19-18-40-31(48)24-10-6-22(7-11-24)29(46)38-15-13-34/h4-11,25H,1-3,12-20,33-35H2,(H,36,43)(H,37,45)(H,38,46)(H,39,47)(H,40,48)(H,41,49)(H,42,44). The Hall–Kier alpha value is -5.39. The highest BCUT2D eigenvalue weighted by Crippen LogP contribution is 2.06. The second-order valence-electron chi connectivity index (χ2n) is 10.6. The molecule has 13 N–H and O–H groups in total. The molecule has 2 rings (SSSR count). The normalized spacial score (nSPS) is 11.0. The van der Waals surface area contributed by atoms with Crippen LogP contribution in [0.5, 0.6) is 0 Å². The summed E-state index contributed by atoms with van der Waals surface area (Å²) < 4.78 is 0. The Kier molecular flexibility index (Phi) is 18.0. The van der Waals surface area contributed by atoms with E-state index in [4.69, 9.17) is 17.2 Å². The maximum Gasteiger partial charge on any atom is 0.251 e. The first-order valence-corrected chi connectivity index (χ1v) is 15.9. The van der Waals surface area contributed by atoms with Crippen LogP contribution < -0.4 is 54.4 Å². The van der Waals surface area contributed by atoms with E-state index < -0.39 is 23.8 Å². The quantitative estimate of drug-likeness (QED) is 0.0598. The van der Waals surface area contributed by atoms with Crippen molar-refractivity contribution in [3.05, 3.63) is 70.8 Å². The molecule has 2 aromatic carbocycles. The van der Waals surface area contributed by atoms with E-state index in [1.165, 1.54) is 48.5 Å². The minimum Gasteiger partial charge on any atom is -0.354 e.